The van der Waals surface area contributed by atoms with Crippen molar-refractivity contribution in [1.82, 2.24) is 4.90 Å². The zero-order valence-corrected chi connectivity index (χ0v) is 13.9. The van der Waals surface area contributed by atoms with Gasteiger partial charge in [0, 0.05) is 31.9 Å². The summed E-state index contributed by atoms with van der Waals surface area (Å²) in [5, 5.41) is 0. The molecule has 0 radical (unpaired) electrons. The van der Waals surface area contributed by atoms with Crippen LogP contribution in [0.15, 0.2) is 24.3 Å². The van der Waals surface area contributed by atoms with E-state index in [0.717, 1.165) is 32.4 Å². The molecule has 6 heteroatoms. The molecule has 1 fully saturated rings. The van der Waals surface area contributed by atoms with Gasteiger partial charge < -0.3 is 20.3 Å². The molecule has 0 aromatic heterocycles. The van der Waals surface area contributed by atoms with Gasteiger partial charge in [0.05, 0.1) is 0 Å². The standard InChI is InChI=1S/C18H25N3O3/c19-17(22)13-24-18(23)20-10-7-14(8-11-20)12-21-9-3-5-15-4-1-2-6-16(15)21/h1-2,4,6,14H,3,5,7-13H2,(H2,19,22). The normalized spacial score (nSPS) is 18.2. The highest BCUT2D eigenvalue weighted by Gasteiger charge is 2.26. The van der Waals surface area contributed by atoms with E-state index in [9.17, 15) is 9.59 Å². The van der Waals surface area contributed by atoms with E-state index in [0.29, 0.717) is 19.0 Å². The first-order valence-electron chi connectivity index (χ1n) is 8.66. The Hall–Kier alpha value is -2.24. The maximum atomic E-state index is 11.8. The van der Waals surface area contributed by atoms with Crippen LogP contribution in [0.5, 0.6) is 0 Å². The predicted molar refractivity (Wildman–Crippen MR) is 91.8 cm³/mol. The lowest BCUT2D eigenvalue weighted by molar-refractivity contribution is -0.121. The van der Waals surface area contributed by atoms with Crippen molar-refractivity contribution in [1.29, 1.82) is 0 Å². The summed E-state index contributed by atoms with van der Waals surface area (Å²) in [6, 6.07) is 8.65. The summed E-state index contributed by atoms with van der Waals surface area (Å²) in [4.78, 5) is 26.7. The molecule has 0 bridgehead atoms. The Bertz CT molecular complexity index is 597. The van der Waals surface area contributed by atoms with Gasteiger partial charge in [0.2, 0.25) is 0 Å². The molecule has 0 spiro atoms. The molecule has 0 aliphatic carbocycles. The molecule has 24 heavy (non-hydrogen) atoms. The van der Waals surface area contributed by atoms with E-state index in [1.807, 2.05) is 0 Å². The lowest BCUT2D eigenvalue weighted by atomic mass is 9.94. The Morgan fingerprint density at radius 3 is 2.67 bits per heavy atom. The lowest BCUT2D eigenvalue weighted by Crippen LogP contribution is -2.43. The van der Waals surface area contributed by atoms with Gasteiger partial charge in [0.1, 0.15) is 0 Å². The molecule has 6 nitrogen and oxygen atoms in total. The Morgan fingerprint density at radius 1 is 1.17 bits per heavy atom. The second-order valence-corrected chi connectivity index (χ2v) is 6.63. The molecule has 1 saturated heterocycles. The fraction of sp³-hybridized carbons (Fsp3) is 0.556. The van der Waals surface area contributed by atoms with E-state index in [1.165, 1.54) is 17.7 Å². The number of anilines is 1. The van der Waals surface area contributed by atoms with Crippen molar-refractivity contribution in [2.24, 2.45) is 11.7 Å². The quantitative estimate of drug-likeness (QED) is 0.912. The highest BCUT2D eigenvalue weighted by molar-refractivity contribution is 5.78. The van der Waals surface area contributed by atoms with Crippen molar-refractivity contribution in [3.8, 4) is 0 Å². The largest absolute Gasteiger partial charge is 0.439 e. The van der Waals surface area contributed by atoms with Gasteiger partial charge in [-0.2, -0.15) is 0 Å². The number of benzene rings is 1. The molecule has 1 aromatic carbocycles. The molecule has 2 amide bonds. The van der Waals surface area contributed by atoms with Crippen molar-refractivity contribution < 1.29 is 14.3 Å². The summed E-state index contributed by atoms with van der Waals surface area (Å²) in [5.74, 6) is -0.0432. The number of aryl methyl sites for hydroxylation is 1. The van der Waals surface area contributed by atoms with Gasteiger partial charge in [-0.15, -0.1) is 0 Å². The van der Waals surface area contributed by atoms with E-state index < -0.39 is 12.0 Å². The molecule has 1 aromatic rings. The zero-order chi connectivity index (χ0) is 16.9. The first-order valence-corrected chi connectivity index (χ1v) is 8.66. The molecule has 2 aliphatic heterocycles. The Kier molecular flexibility index (Phi) is 5.23. The number of hydrogen-bond donors (Lipinski definition) is 1. The molecule has 2 N–H and O–H groups in total. The van der Waals surface area contributed by atoms with Crippen LogP contribution in [0.3, 0.4) is 0 Å². The fourth-order valence-electron chi connectivity index (χ4n) is 3.64. The summed E-state index contributed by atoms with van der Waals surface area (Å²) in [7, 11) is 0. The summed E-state index contributed by atoms with van der Waals surface area (Å²) in [6.07, 6.45) is 3.86. The average molecular weight is 331 g/mol. The first-order chi connectivity index (χ1) is 11.6. The summed E-state index contributed by atoms with van der Waals surface area (Å²) < 4.78 is 4.88. The third-order valence-electron chi connectivity index (χ3n) is 4.90. The van der Waals surface area contributed by atoms with E-state index in [1.54, 1.807) is 4.90 Å². The number of rotatable bonds is 4. The molecular formula is C18H25N3O3. The van der Waals surface area contributed by atoms with E-state index in [-0.39, 0.29) is 6.61 Å². The first kappa shape index (κ1) is 16.6. The molecule has 0 saturated carbocycles. The Balaban J connectivity index is 1.50. The topological polar surface area (TPSA) is 75.9 Å². The van der Waals surface area contributed by atoms with Crippen LogP contribution in [0.2, 0.25) is 0 Å². The summed E-state index contributed by atoms with van der Waals surface area (Å²) >= 11 is 0. The maximum absolute atomic E-state index is 11.8. The molecule has 3 rings (SSSR count). The van der Waals surface area contributed by atoms with Crippen molar-refractivity contribution in [3.63, 3.8) is 0 Å². The highest BCUT2D eigenvalue weighted by Crippen LogP contribution is 2.29. The number of piperidine rings is 1. The van der Waals surface area contributed by atoms with Gasteiger partial charge in [-0.3, -0.25) is 4.79 Å². The fourth-order valence-corrected chi connectivity index (χ4v) is 3.64. The molecular weight excluding hydrogens is 306 g/mol. The van der Waals surface area contributed by atoms with Crippen LogP contribution in [0.1, 0.15) is 24.8 Å². The third kappa shape index (κ3) is 3.99. The molecule has 130 valence electrons. The van der Waals surface area contributed by atoms with Crippen molar-refractivity contribution in [2.45, 2.75) is 25.7 Å². The Labute approximate surface area is 142 Å². The second kappa shape index (κ2) is 7.55. The number of amides is 2. The van der Waals surface area contributed by atoms with Crippen LogP contribution < -0.4 is 10.6 Å². The van der Waals surface area contributed by atoms with Crippen LogP contribution in [-0.4, -0.2) is 49.7 Å². The monoisotopic (exact) mass is 331 g/mol. The van der Waals surface area contributed by atoms with Crippen LogP contribution in [0.25, 0.3) is 0 Å². The van der Waals surface area contributed by atoms with Gasteiger partial charge in [0.25, 0.3) is 5.91 Å². The smallest absolute Gasteiger partial charge is 0.410 e. The number of likely N-dealkylation sites (tertiary alicyclic amines) is 1. The van der Waals surface area contributed by atoms with Gasteiger partial charge in [-0.05, 0) is 43.2 Å². The molecule has 2 aliphatic rings. The number of para-hydroxylation sites is 1. The predicted octanol–water partition coefficient (Wildman–Crippen LogP) is 1.77. The van der Waals surface area contributed by atoms with Crippen LogP contribution >= 0.6 is 0 Å². The number of nitrogens with zero attached hydrogens (tertiary/aromatic N) is 2. The number of carbonyl (C=O) groups is 2. The van der Waals surface area contributed by atoms with E-state index >= 15 is 0 Å². The Morgan fingerprint density at radius 2 is 1.92 bits per heavy atom. The number of fused-ring (bicyclic) bond motifs is 1. The number of nitrogens with two attached hydrogens (primary N) is 1. The number of hydrogen-bond acceptors (Lipinski definition) is 4. The summed E-state index contributed by atoms with van der Waals surface area (Å²) in [5.41, 5.74) is 7.80. The third-order valence-corrected chi connectivity index (χ3v) is 4.90. The SMILES string of the molecule is NC(=O)COC(=O)N1CCC(CN2CCCc3ccccc32)CC1. The van der Waals surface area contributed by atoms with Gasteiger partial charge in [-0.25, -0.2) is 4.79 Å². The minimum Gasteiger partial charge on any atom is -0.439 e. The minimum absolute atomic E-state index is 0.344. The average Bonchev–Trinajstić information content (AvgIpc) is 2.60. The molecule has 0 atom stereocenters. The zero-order valence-electron chi connectivity index (χ0n) is 13.9. The van der Waals surface area contributed by atoms with E-state index in [4.69, 9.17) is 10.5 Å². The van der Waals surface area contributed by atoms with Crippen molar-refractivity contribution >= 4 is 17.7 Å². The van der Waals surface area contributed by atoms with Crippen LogP contribution in [0.4, 0.5) is 10.5 Å². The minimum atomic E-state index is -0.623. The number of ether oxygens (including phenoxy) is 1. The van der Waals surface area contributed by atoms with E-state index in [2.05, 4.69) is 29.2 Å². The number of carbonyl (C=O) groups excluding carboxylic acids is 2. The van der Waals surface area contributed by atoms with Gasteiger partial charge in [-0.1, -0.05) is 18.2 Å². The van der Waals surface area contributed by atoms with Crippen LogP contribution in [0, 0.1) is 5.92 Å². The van der Waals surface area contributed by atoms with Crippen molar-refractivity contribution in [3.05, 3.63) is 29.8 Å². The van der Waals surface area contributed by atoms with Crippen molar-refractivity contribution in [2.75, 3.05) is 37.7 Å². The highest BCUT2D eigenvalue weighted by atomic mass is 16.6. The molecule has 2 heterocycles. The molecule has 0 unspecified atom stereocenters. The second-order valence-electron chi connectivity index (χ2n) is 6.63. The van der Waals surface area contributed by atoms with Crippen LogP contribution in [-0.2, 0) is 16.0 Å². The summed E-state index contributed by atoms with van der Waals surface area (Å²) in [6.45, 7) is 3.16. The lowest BCUT2D eigenvalue weighted by Gasteiger charge is -2.37. The van der Waals surface area contributed by atoms with Gasteiger partial charge >= 0.3 is 6.09 Å². The number of primary amides is 1. The maximum Gasteiger partial charge on any atom is 0.410 e. The van der Waals surface area contributed by atoms with Gasteiger partial charge in [0.15, 0.2) is 6.61 Å².